The largest absolute Gasteiger partial charge is 0.491 e. The summed E-state index contributed by atoms with van der Waals surface area (Å²) in [6, 6.07) is 16.9. The van der Waals surface area contributed by atoms with Crippen molar-refractivity contribution >= 4 is 11.4 Å². The molecule has 0 aliphatic carbocycles. The monoisotopic (exact) mass is 282 g/mol. The second kappa shape index (κ2) is 6.19. The molecule has 1 atom stereocenters. The molecule has 1 aliphatic heterocycles. The van der Waals surface area contributed by atoms with Gasteiger partial charge in [0.1, 0.15) is 5.75 Å². The zero-order valence-electron chi connectivity index (χ0n) is 12.5. The van der Waals surface area contributed by atoms with Crippen molar-refractivity contribution in [2.24, 2.45) is 5.73 Å². The number of hydrogen-bond acceptors (Lipinski definition) is 3. The molecule has 0 amide bonds. The maximum absolute atomic E-state index is 6.09. The Morgan fingerprint density at radius 1 is 1.14 bits per heavy atom. The summed E-state index contributed by atoms with van der Waals surface area (Å²) in [7, 11) is 0. The summed E-state index contributed by atoms with van der Waals surface area (Å²) >= 11 is 0. The van der Waals surface area contributed by atoms with Gasteiger partial charge in [0.05, 0.1) is 12.3 Å². The van der Waals surface area contributed by atoms with E-state index in [9.17, 15) is 0 Å². The Morgan fingerprint density at radius 3 is 2.67 bits per heavy atom. The topological polar surface area (TPSA) is 38.5 Å². The molecule has 1 heterocycles. The van der Waals surface area contributed by atoms with Crippen molar-refractivity contribution in [2.45, 2.75) is 25.8 Å². The van der Waals surface area contributed by atoms with Gasteiger partial charge in [-0.3, -0.25) is 0 Å². The molecule has 1 aliphatic rings. The molecule has 0 fully saturated rings. The van der Waals surface area contributed by atoms with E-state index in [-0.39, 0.29) is 6.04 Å². The van der Waals surface area contributed by atoms with E-state index in [4.69, 9.17) is 10.5 Å². The molecule has 21 heavy (non-hydrogen) atoms. The van der Waals surface area contributed by atoms with Gasteiger partial charge in [-0.1, -0.05) is 31.2 Å². The summed E-state index contributed by atoms with van der Waals surface area (Å²) in [5, 5.41) is 0. The summed E-state index contributed by atoms with van der Waals surface area (Å²) in [4.78, 5) is 2.32. The Morgan fingerprint density at radius 2 is 1.90 bits per heavy atom. The fourth-order valence-electron chi connectivity index (χ4n) is 2.73. The summed E-state index contributed by atoms with van der Waals surface area (Å²) in [5.41, 5.74) is 9.62. The molecule has 2 N–H and O–H groups in total. The number of rotatable bonds is 3. The first kappa shape index (κ1) is 14.0. The van der Waals surface area contributed by atoms with Crippen LogP contribution in [0.3, 0.4) is 0 Å². The number of hydrogen-bond donors (Lipinski definition) is 1. The van der Waals surface area contributed by atoms with Crippen molar-refractivity contribution < 1.29 is 4.74 Å². The van der Waals surface area contributed by atoms with Gasteiger partial charge in [-0.25, -0.2) is 0 Å². The predicted molar refractivity (Wildman–Crippen MR) is 87.2 cm³/mol. The second-order valence-electron chi connectivity index (χ2n) is 5.43. The number of benzene rings is 2. The van der Waals surface area contributed by atoms with Crippen molar-refractivity contribution in [2.75, 3.05) is 18.1 Å². The normalized spacial score (nSPS) is 15.8. The fourth-order valence-corrected chi connectivity index (χ4v) is 2.73. The molecule has 0 saturated heterocycles. The Kier molecular flexibility index (Phi) is 4.11. The number of nitrogens with two attached hydrogens (primary N) is 1. The van der Waals surface area contributed by atoms with Crippen LogP contribution in [-0.2, 0) is 0 Å². The molecular weight excluding hydrogens is 260 g/mol. The third kappa shape index (κ3) is 2.88. The molecule has 3 rings (SSSR count). The van der Waals surface area contributed by atoms with Crippen LogP contribution in [0.5, 0.6) is 5.75 Å². The van der Waals surface area contributed by atoms with E-state index in [1.807, 2.05) is 12.1 Å². The van der Waals surface area contributed by atoms with Crippen LogP contribution in [0.4, 0.5) is 11.4 Å². The van der Waals surface area contributed by atoms with Gasteiger partial charge in [-0.15, -0.1) is 0 Å². The minimum absolute atomic E-state index is 0.124. The van der Waals surface area contributed by atoms with E-state index >= 15 is 0 Å². The first-order chi connectivity index (χ1) is 10.3. The van der Waals surface area contributed by atoms with Crippen LogP contribution < -0.4 is 15.4 Å². The Bertz CT molecular complexity index is 594. The molecular formula is C18H22N2O. The molecule has 3 nitrogen and oxygen atoms in total. The van der Waals surface area contributed by atoms with Gasteiger partial charge < -0.3 is 15.4 Å². The van der Waals surface area contributed by atoms with Gasteiger partial charge in [-0.2, -0.15) is 0 Å². The number of nitrogens with zero attached hydrogens (tertiary/aromatic N) is 1. The molecule has 110 valence electrons. The molecule has 3 heteroatoms. The van der Waals surface area contributed by atoms with Crippen LogP contribution in [-0.4, -0.2) is 13.2 Å². The van der Waals surface area contributed by atoms with Crippen LogP contribution in [0.15, 0.2) is 48.5 Å². The Balaban J connectivity index is 1.93. The van der Waals surface area contributed by atoms with E-state index < -0.39 is 0 Å². The third-order valence-electron chi connectivity index (χ3n) is 4.01. The van der Waals surface area contributed by atoms with Crippen molar-refractivity contribution in [1.82, 2.24) is 0 Å². The highest BCUT2D eigenvalue weighted by molar-refractivity contribution is 5.69. The second-order valence-corrected chi connectivity index (χ2v) is 5.43. The zero-order valence-corrected chi connectivity index (χ0v) is 12.5. The predicted octanol–water partition coefficient (Wildman–Crippen LogP) is 4.02. The van der Waals surface area contributed by atoms with E-state index in [1.54, 1.807) is 0 Å². The van der Waals surface area contributed by atoms with Gasteiger partial charge >= 0.3 is 0 Å². The van der Waals surface area contributed by atoms with Gasteiger partial charge in [0, 0.05) is 18.3 Å². The maximum atomic E-state index is 6.09. The molecule has 1 unspecified atom stereocenters. The highest BCUT2D eigenvalue weighted by Gasteiger charge is 2.17. The molecule has 0 bridgehead atoms. The number of anilines is 2. The molecule has 0 radical (unpaired) electrons. The van der Waals surface area contributed by atoms with Crippen LogP contribution in [0.2, 0.25) is 0 Å². The zero-order chi connectivity index (χ0) is 14.7. The van der Waals surface area contributed by atoms with E-state index in [0.29, 0.717) is 0 Å². The van der Waals surface area contributed by atoms with E-state index in [0.717, 1.165) is 37.4 Å². The number of para-hydroxylation sites is 2. The van der Waals surface area contributed by atoms with Crippen molar-refractivity contribution in [1.29, 1.82) is 0 Å². The first-order valence-corrected chi connectivity index (χ1v) is 7.64. The highest BCUT2D eigenvalue weighted by atomic mass is 16.5. The van der Waals surface area contributed by atoms with Crippen LogP contribution in [0.1, 0.15) is 31.4 Å². The minimum atomic E-state index is 0.124. The molecule has 0 saturated carbocycles. The molecule has 2 aromatic rings. The first-order valence-electron chi connectivity index (χ1n) is 7.64. The number of ether oxygens (including phenoxy) is 1. The van der Waals surface area contributed by atoms with Crippen LogP contribution in [0.25, 0.3) is 0 Å². The smallest absolute Gasteiger partial charge is 0.142 e. The van der Waals surface area contributed by atoms with Crippen molar-refractivity contribution in [3.05, 3.63) is 54.1 Å². The molecule has 0 spiro atoms. The van der Waals surface area contributed by atoms with Gasteiger partial charge in [0.2, 0.25) is 0 Å². The highest BCUT2D eigenvalue weighted by Crippen LogP contribution is 2.36. The average molecular weight is 282 g/mol. The van der Waals surface area contributed by atoms with Crippen LogP contribution in [0, 0.1) is 0 Å². The SMILES string of the molecule is CCC(N)c1ccc(N2CCCOc3ccccc32)cc1. The van der Waals surface area contributed by atoms with Crippen molar-refractivity contribution in [3.8, 4) is 5.75 Å². The lowest BCUT2D eigenvalue weighted by atomic mass is 10.0. The van der Waals surface area contributed by atoms with E-state index in [2.05, 4.69) is 48.2 Å². The van der Waals surface area contributed by atoms with Gasteiger partial charge in [-0.05, 0) is 42.7 Å². The summed E-state index contributed by atoms with van der Waals surface area (Å²) in [6.07, 6.45) is 1.98. The molecule has 0 aromatic heterocycles. The maximum Gasteiger partial charge on any atom is 0.142 e. The lowest BCUT2D eigenvalue weighted by molar-refractivity contribution is 0.322. The lowest BCUT2D eigenvalue weighted by Gasteiger charge is -2.24. The summed E-state index contributed by atoms with van der Waals surface area (Å²) in [6.45, 7) is 3.85. The average Bonchev–Trinajstić information content (AvgIpc) is 2.77. The summed E-state index contributed by atoms with van der Waals surface area (Å²) in [5.74, 6) is 0.962. The summed E-state index contributed by atoms with van der Waals surface area (Å²) < 4.78 is 5.82. The van der Waals surface area contributed by atoms with Gasteiger partial charge in [0.15, 0.2) is 0 Å². The fraction of sp³-hybridized carbons (Fsp3) is 0.333. The third-order valence-corrected chi connectivity index (χ3v) is 4.01. The Labute approximate surface area is 126 Å². The van der Waals surface area contributed by atoms with E-state index in [1.165, 1.54) is 11.3 Å². The van der Waals surface area contributed by atoms with Gasteiger partial charge in [0.25, 0.3) is 0 Å². The standard InChI is InChI=1S/C18H22N2O/c1-2-16(19)14-8-10-15(11-9-14)20-12-5-13-21-18-7-4-3-6-17(18)20/h3-4,6-11,16H,2,5,12-13,19H2,1H3. The number of fused-ring (bicyclic) bond motifs is 1. The quantitative estimate of drug-likeness (QED) is 0.924. The minimum Gasteiger partial charge on any atom is -0.491 e. The molecule has 2 aromatic carbocycles. The Hall–Kier alpha value is -2.00. The van der Waals surface area contributed by atoms with Crippen molar-refractivity contribution in [3.63, 3.8) is 0 Å². The lowest BCUT2D eigenvalue weighted by Crippen LogP contribution is -2.17. The van der Waals surface area contributed by atoms with Crippen LogP contribution >= 0.6 is 0 Å².